The van der Waals surface area contributed by atoms with Gasteiger partial charge in [0, 0.05) is 13.1 Å². The molecule has 88 valence electrons. The van der Waals surface area contributed by atoms with Crippen molar-refractivity contribution in [2.75, 3.05) is 20.1 Å². The van der Waals surface area contributed by atoms with E-state index < -0.39 is 0 Å². The molecule has 1 aromatic carbocycles. The first-order valence-corrected chi connectivity index (χ1v) is 5.88. The van der Waals surface area contributed by atoms with E-state index in [1.807, 2.05) is 24.3 Å². The summed E-state index contributed by atoms with van der Waals surface area (Å²) in [6, 6.07) is 7.83. The maximum atomic E-state index is 5.84. The van der Waals surface area contributed by atoms with Gasteiger partial charge in [-0.15, -0.1) is 0 Å². The van der Waals surface area contributed by atoms with Gasteiger partial charge in [0.2, 0.25) is 5.88 Å². The van der Waals surface area contributed by atoms with Crippen LogP contribution in [-0.4, -0.2) is 41.1 Å². The maximum absolute atomic E-state index is 5.84. The third-order valence-corrected chi connectivity index (χ3v) is 3.06. The second kappa shape index (κ2) is 4.30. The molecule has 4 nitrogen and oxygen atoms in total. The predicted octanol–water partition coefficient (Wildman–Crippen LogP) is 1.71. The van der Waals surface area contributed by atoms with Crippen molar-refractivity contribution >= 4 is 11.0 Å². The van der Waals surface area contributed by atoms with Crippen molar-refractivity contribution in [3.8, 4) is 5.88 Å². The standard InChI is InChI=1S/C13H15N3O/c1-16-7-6-10(9-16)17-13-8-14-11-4-2-3-5-12(11)15-13/h2-5,8,10H,6-7,9H2,1H3. The van der Waals surface area contributed by atoms with Gasteiger partial charge in [-0.2, -0.15) is 0 Å². The second-order valence-electron chi connectivity index (χ2n) is 4.49. The molecule has 0 spiro atoms. The number of ether oxygens (including phenoxy) is 1. The molecule has 1 aliphatic rings. The number of likely N-dealkylation sites (N-methyl/N-ethyl adjacent to an activating group) is 1. The zero-order chi connectivity index (χ0) is 11.7. The van der Waals surface area contributed by atoms with Crippen LogP contribution in [0.15, 0.2) is 30.5 Å². The second-order valence-corrected chi connectivity index (χ2v) is 4.49. The highest BCUT2D eigenvalue weighted by Crippen LogP contribution is 2.17. The Hall–Kier alpha value is -1.68. The zero-order valence-electron chi connectivity index (χ0n) is 9.84. The Kier molecular flexibility index (Phi) is 2.65. The predicted molar refractivity (Wildman–Crippen MR) is 66.1 cm³/mol. The molecular weight excluding hydrogens is 214 g/mol. The molecule has 1 unspecified atom stereocenters. The van der Waals surface area contributed by atoms with E-state index in [0.717, 1.165) is 30.5 Å². The number of aromatic nitrogens is 2. The van der Waals surface area contributed by atoms with E-state index in [1.165, 1.54) is 0 Å². The van der Waals surface area contributed by atoms with Gasteiger partial charge in [0.25, 0.3) is 0 Å². The van der Waals surface area contributed by atoms with E-state index in [1.54, 1.807) is 6.20 Å². The molecule has 1 atom stereocenters. The van der Waals surface area contributed by atoms with E-state index >= 15 is 0 Å². The number of para-hydroxylation sites is 2. The Morgan fingerprint density at radius 3 is 2.88 bits per heavy atom. The minimum Gasteiger partial charge on any atom is -0.472 e. The third kappa shape index (κ3) is 2.22. The number of nitrogens with zero attached hydrogens (tertiary/aromatic N) is 3. The number of rotatable bonds is 2. The number of benzene rings is 1. The normalized spacial score (nSPS) is 20.9. The van der Waals surface area contributed by atoms with Gasteiger partial charge in [-0.1, -0.05) is 12.1 Å². The summed E-state index contributed by atoms with van der Waals surface area (Å²) in [7, 11) is 2.11. The van der Waals surface area contributed by atoms with Crippen LogP contribution in [0.4, 0.5) is 0 Å². The van der Waals surface area contributed by atoms with Crippen LogP contribution in [0.1, 0.15) is 6.42 Å². The Morgan fingerprint density at radius 2 is 2.12 bits per heavy atom. The van der Waals surface area contributed by atoms with Crippen LogP contribution >= 0.6 is 0 Å². The molecule has 0 amide bonds. The van der Waals surface area contributed by atoms with Crippen molar-refractivity contribution in [3.63, 3.8) is 0 Å². The average molecular weight is 229 g/mol. The lowest BCUT2D eigenvalue weighted by Crippen LogP contribution is -2.21. The fraction of sp³-hybridized carbons (Fsp3) is 0.385. The topological polar surface area (TPSA) is 38.2 Å². The van der Waals surface area contributed by atoms with Crippen LogP contribution in [0.5, 0.6) is 5.88 Å². The van der Waals surface area contributed by atoms with Gasteiger partial charge >= 0.3 is 0 Å². The highest BCUT2D eigenvalue weighted by atomic mass is 16.5. The molecule has 2 heterocycles. The van der Waals surface area contributed by atoms with Crippen LogP contribution in [0.25, 0.3) is 11.0 Å². The minimum atomic E-state index is 0.246. The van der Waals surface area contributed by atoms with Gasteiger partial charge in [-0.3, -0.25) is 0 Å². The number of fused-ring (bicyclic) bond motifs is 1. The van der Waals surface area contributed by atoms with Crippen molar-refractivity contribution in [1.29, 1.82) is 0 Å². The van der Waals surface area contributed by atoms with E-state index in [0.29, 0.717) is 5.88 Å². The van der Waals surface area contributed by atoms with E-state index in [-0.39, 0.29) is 6.10 Å². The summed E-state index contributed by atoms with van der Waals surface area (Å²) in [5.74, 6) is 0.629. The largest absolute Gasteiger partial charge is 0.472 e. The SMILES string of the molecule is CN1CCC(Oc2cnc3ccccc3n2)C1. The van der Waals surface area contributed by atoms with E-state index in [2.05, 4.69) is 21.9 Å². The van der Waals surface area contributed by atoms with Crippen molar-refractivity contribution in [2.24, 2.45) is 0 Å². The Bertz CT molecular complexity index is 529. The lowest BCUT2D eigenvalue weighted by Gasteiger charge is -2.12. The molecule has 1 aliphatic heterocycles. The van der Waals surface area contributed by atoms with E-state index in [4.69, 9.17) is 4.74 Å². The Balaban J connectivity index is 1.81. The molecule has 0 bridgehead atoms. The summed E-state index contributed by atoms with van der Waals surface area (Å²) >= 11 is 0. The summed E-state index contributed by atoms with van der Waals surface area (Å²) in [5, 5.41) is 0. The molecule has 0 N–H and O–H groups in total. The van der Waals surface area contributed by atoms with Gasteiger partial charge in [-0.25, -0.2) is 9.97 Å². The molecule has 1 aromatic heterocycles. The van der Waals surface area contributed by atoms with Gasteiger partial charge < -0.3 is 9.64 Å². The van der Waals surface area contributed by atoms with Crippen molar-refractivity contribution in [1.82, 2.24) is 14.9 Å². The molecule has 17 heavy (non-hydrogen) atoms. The zero-order valence-corrected chi connectivity index (χ0v) is 9.84. The van der Waals surface area contributed by atoms with Gasteiger partial charge in [0.15, 0.2) is 0 Å². The Labute approximate surface area is 100 Å². The molecule has 1 fully saturated rings. The summed E-state index contributed by atoms with van der Waals surface area (Å²) in [4.78, 5) is 11.1. The number of hydrogen-bond donors (Lipinski definition) is 0. The molecule has 2 aromatic rings. The van der Waals surface area contributed by atoms with Crippen molar-refractivity contribution in [3.05, 3.63) is 30.5 Å². The maximum Gasteiger partial charge on any atom is 0.233 e. The fourth-order valence-electron chi connectivity index (χ4n) is 2.16. The van der Waals surface area contributed by atoms with Crippen molar-refractivity contribution in [2.45, 2.75) is 12.5 Å². The average Bonchev–Trinajstić information content (AvgIpc) is 2.75. The van der Waals surface area contributed by atoms with E-state index in [9.17, 15) is 0 Å². The lowest BCUT2D eigenvalue weighted by molar-refractivity contribution is 0.200. The monoisotopic (exact) mass is 229 g/mol. The van der Waals surface area contributed by atoms with Crippen LogP contribution < -0.4 is 4.74 Å². The Morgan fingerprint density at radius 1 is 1.29 bits per heavy atom. The first-order chi connectivity index (χ1) is 8.31. The van der Waals surface area contributed by atoms with Gasteiger partial charge in [0.1, 0.15) is 6.10 Å². The van der Waals surface area contributed by atoms with Gasteiger partial charge in [-0.05, 0) is 25.6 Å². The molecular formula is C13H15N3O. The first kappa shape index (κ1) is 10.5. The summed E-state index contributed by atoms with van der Waals surface area (Å²) in [5.41, 5.74) is 1.79. The molecule has 1 saturated heterocycles. The highest BCUT2D eigenvalue weighted by Gasteiger charge is 2.21. The number of hydrogen-bond acceptors (Lipinski definition) is 4. The van der Waals surface area contributed by atoms with Crippen LogP contribution in [-0.2, 0) is 0 Å². The lowest BCUT2D eigenvalue weighted by atomic mass is 10.3. The quantitative estimate of drug-likeness (QED) is 0.785. The number of likely N-dealkylation sites (tertiary alicyclic amines) is 1. The molecule has 0 radical (unpaired) electrons. The van der Waals surface area contributed by atoms with Crippen LogP contribution in [0.3, 0.4) is 0 Å². The smallest absolute Gasteiger partial charge is 0.233 e. The van der Waals surface area contributed by atoms with Crippen LogP contribution in [0, 0.1) is 0 Å². The fourth-order valence-corrected chi connectivity index (χ4v) is 2.16. The summed E-state index contributed by atoms with van der Waals surface area (Å²) in [6.45, 7) is 2.06. The first-order valence-electron chi connectivity index (χ1n) is 5.88. The molecule has 3 rings (SSSR count). The van der Waals surface area contributed by atoms with Crippen LogP contribution in [0.2, 0.25) is 0 Å². The minimum absolute atomic E-state index is 0.246. The summed E-state index contributed by atoms with van der Waals surface area (Å²) < 4.78 is 5.84. The molecule has 0 aliphatic carbocycles. The van der Waals surface area contributed by atoms with Crippen molar-refractivity contribution < 1.29 is 4.74 Å². The molecule has 4 heteroatoms. The third-order valence-electron chi connectivity index (χ3n) is 3.06. The summed E-state index contributed by atoms with van der Waals surface area (Å²) in [6.07, 6.45) is 3.02. The van der Waals surface area contributed by atoms with Gasteiger partial charge in [0.05, 0.1) is 17.2 Å². The highest BCUT2D eigenvalue weighted by molar-refractivity contribution is 5.73. The molecule has 0 saturated carbocycles.